The zero-order chi connectivity index (χ0) is 30.1. The van der Waals surface area contributed by atoms with E-state index in [1.165, 1.54) is 17.0 Å². The highest BCUT2D eigenvalue weighted by molar-refractivity contribution is 5.99. The first-order valence-electron chi connectivity index (χ1n) is 13.4. The number of piperidine rings is 1. The molecule has 220 valence electrons. The van der Waals surface area contributed by atoms with Crippen LogP contribution in [-0.4, -0.2) is 59.9 Å². The van der Waals surface area contributed by atoms with E-state index in [0.717, 1.165) is 0 Å². The van der Waals surface area contributed by atoms with Gasteiger partial charge in [-0.3, -0.25) is 14.4 Å². The molecule has 1 saturated heterocycles. The molecule has 1 unspecified atom stereocenters. The summed E-state index contributed by atoms with van der Waals surface area (Å²) in [5, 5.41) is 18.3. The summed E-state index contributed by atoms with van der Waals surface area (Å²) in [7, 11) is 3.12. The molecular weight excluding hydrogens is 532 g/mol. The Morgan fingerprint density at radius 3 is 2.32 bits per heavy atom. The number of aryl methyl sites for hydroxylation is 1. The van der Waals surface area contributed by atoms with Gasteiger partial charge in [0.05, 0.1) is 17.3 Å². The molecule has 0 aliphatic carbocycles. The van der Waals surface area contributed by atoms with Crippen LogP contribution < -0.4 is 21.5 Å². The Hall–Kier alpha value is -4.32. The van der Waals surface area contributed by atoms with Gasteiger partial charge < -0.3 is 34.6 Å². The molecular formula is C29H36N4O8. The molecule has 41 heavy (non-hydrogen) atoms. The predicted octanol–water partition coefficient (Wildman–Crippen LogP) is 4.07. The number of amides is 1. The summed E-state index contributed by atoms with van der Waals surface area (Å²) in [6.45, 7) is 7.95. The lowest BCUT2D eigenvalue weighted by atomic mass is 9.88. The van der Waals surface area contributed by atoms with E-state index in [0.29, 0.717) is 37.5 Å². The van der Waals surface area contributed by atoms with Gasteiger partial charge in [-0.2, -0.15) is 0 Å². The number of carbonyl (C=O) groups is 2. The second-order valence-electron chi connectivity index (χ2n) is 11.3. The van der Waals surface area contributed by atoms with Crippen molar-refractivity contribution in [3.05, 3.63) is 67.9 Å². The minimum Gasteiger partial charge on any atom is -0.505 e. The van der Waals surface area contributed by atoms with Crippen molar-refractivity contribution >= 4 is 29.1 Å². The van der Waals surface area contributed by atoms with Crippen molar-refractivity contribution in [3.63, 3.8) is 0 Å². The van der Waals surface area contributed by atoms with Gasteiger partial charge in [0.1, 0.15) is 28.5 Å². The summed E-state index contributed by atoms with van der Waals surface area (Å²) in [6.07, 6.45) is 0.410. The molecule has 1 aliphatic heterocycles. The fraction of sp³-hybridized carbons (Fsp3) is 0.448. The fourth-order valence-electron chi connectivity index (χ4n) is 4.71. The standard InChI is InChI=1S/C29H36N4O8/c1-16-10-11-20(39-16)21(17-12-14-33(15-13-17)41-28(38)40-29(2,3)4)31-23-22(25(35)26(23)36)30-19-9-7-8-18(24(19)34)27(37)32(5)6/h7-11,17,21,30-31,34H,12-15H2,1-6H3. The number of carbonyl (C=O) groups excluding carboxylic acids is 2. The molecule has 3 N–H and O–H groups in total. The van der Waals surface area contributed by atoms with E-state index >= 15 is 0 Å². The van der Waals surface area contributed by atoms with Gasteiger partial charge in [-0.15, -0.1) is 5.06 Å². The van der Waals surface area contributed by atoms with Gasteiger partial charge in [-0.1, -0.05) is 6.07 Å². The molecule has 1 amide bonds. The van der Waals surface area contributed by atoms with E-state index in [-0.39, 0.29) is 34.3 Å². The van der Waals surface area contributed by atoms with Crippen molar-refractivity contribution in [2.45, 2.75) is 52.2 Å². The van der Waals surface area contributed by atoms with E-state index in [9.17, 15) is 24.3 Å². The number of benzene rings is 1. The summed E-state index contributed by atoms with van der Waals surface area (Å²) in [5.41, 5.74) is -1.90. The van der Waals surface area contributed by atoms with Crippen LogP contribution in [0.4, 0.5) is 21.9 Å². The van der Waals surface area contributed by atoms with Crippen LogP contribution >= 0.6 is 0 Å². The molecule has 1 fully saturated rings. The summed E-state index contributed by atoms with van der Waals surface area (Å²) < 4.78 is 11.1. The number of phenols is 1. The third-order valence-corrected chi connectivity index (χ3v) is 6.77. The first-order chi connectivity index (χ1) is 19.2. The topological polar surface area (TPSA) is 151 Å². The van der Waals surface area contributed by atoms with Crippen LogP contribution in [0.15, 0.2) is 44.3 Å². The molecule has 4 rings (SSSR count). The Morgan fingerprint density at radius 2 is 1.73 bits per heavy atom. The quantitative estimate of drug-likeness (QED) is 0.205. The molecule has 12 heteroatoms. The number of phenolic OH excluding ortho intramolecular Hbond substituents is 1. The van der Waals surface area contributed by atoms with E-state index in [4.69, 9.17) is 14.0 Å². The maximum atomic E-state index is 12.7. The van der Waals surface area contributed by atoms with Crippen LogP contribution in [0.2, 0.25) is 0 Å². The number of hydroxylamine groups is 2. The first kappa shape index (κ1) is 29.7. The van der Waals surface area contributed by atoms with Crippen molar-refractivity contribution in [3.8, 4) is 5.75 Å². The minimum absolute atomic E-state index is 0.0151. The average molecular weight is 569 g/mol. The average Bonchev–Trinajstić information content (AvgIpc) is 3.33. The molecule has 1 aliphatic rings. The van der Waals surface area contributed by atoms with Crippen LogP contribution in [0.3, 0.4) is 0 Å². The van der Waals surface area contributed by atoms with Gasteiger partial charge in [0.15, 0.2) is 5.75 Å². The van der Waals surface area contributed by atoms with Crippen LogP contribution in [-0.2, 0) is 9.57 Å². The third-order valence-electron chi connectivity index (χ3n) is 6.77. The van der Waals surface area contributed by atoms with Crippen LogP contribution in [0, 0.1) is 12.8 Å². The molecule has 3 aromatic rings. The molecule has 0 spiro atoms. The summed E-state index contributed by atoms with van der Waals surface area (Å²) in [5.74, 6) is 0.499. The Kier molecular flexibility index (Phi) is 8.43. The van der Waals surface area contributed by atoms with Crippen molar-refractivity contribution < 1.29 is 28.7 Å². The molecule has 2 aromatic carbocycles. The van der Waals surface area contributed by atoms with Gasteiger partial charge >= 0.3 is 6.16 Å². The minimum atomic E-state index is -0.772. The molecule has 0 radical (unpaired) electrons. The second kappa shape index (κ2) is 11.7. The molecule has 2 heterocycles. The maximum Gasteiger partial charge on any atom is 0.528 e. The van der Waals surface area contributed by atoms with E-state index in [1.54, 1.807) is 46.0 Å². The summed E-state index contributed by atoms with van der Waals surface area (Å²) in [4.78, 5) is 56.5. The highest BCUT2D eigenvalue weighted by Gasteiger charge is 2.34. The lowest BCUT2D eigenvalue weighted by Crippen LogP contribution is -2.42. The number of aromatic hydroxyl groups is 1. The number of hydrogen-bond donors (Lipinski definition) is 3. The highest BCUT2D eigenvalue weighted by atomic mass is 16.8. The fourth-order valence-corrected chi connectivity index (χ4v) is 4.71. The van der Waals surface area contributed by atoms with Gasteiger partial charge in [0.2, 0.25) is 0 Å². The molecule has 1 atom stereocenters. The number of nitrogens with zero attached hydrogens (tertiary/aromatic N) is 2. The smallest absolute Gasteiger partial charge is 0.505 e. The van der Waals surface area contributed by atoms with Crippen molar-refractivity contribution in [1.29, 1.82) is 0 Å². The van der Waals surface area contributed by atoms with Crippen molar-refractivity contribution in [2.24, 2.45) is 5.92 Å². The number of ether oxygens (including phenoxy) is 1. The van der Waals surface area contributed by atoms with Gasteiger partial charge in [0.25, 0.3) is 16.8 Å². The first-order valence-corrected chi connectivity index (χ1v) is 13.4. The largest absolute Gasteiger partial charge is 0.528 e. The number of anilines is 3. The number of nitrogens with one attached hydrogen (secondary N) is 2. The highest BCUT2D eigenvalue weighted by Crippen LogP contribution is 2.37. The number of rotatable bonds is 8. The van der Waals surface area contributed by atoms with Gasteiger partial charge in [-0.25, -0.2) is 4.79 Å². The van der Waals surface area contributed by atoms with Crippen molar-refractivity contribution in [2.75, 3.05) is 37.8 Å². The second-order valence-corrected chi connectivity index (χ2v) is 11.3. The van der Waals surface area contributed by atoms with E-state index in [2.05, 4.69) is 10.6 Å². The lowest BCUT2D eigenvalue weighted by Gasteiger charge is -2.35. The Labute approximate surface area is 237 Å². The zero-order valence-electron chi connectivity index (χ0n) is 24.1. The molecule has 0 bridgehead atoms. The number of furan rings is 1. The van der Waals surface area contributed by atoms with Crippen LogP contribution in [0.1, 0.15) is 61.5 Å². The summed E-state index contributed by atoms with van der Waals surface area (Å²) in [6, 6.07) is 7.72. The zero-order valence-corrected chi connectivity index (χ0v) is 24.1. The van der Waals surface area contributed by atoms with Crippen LogP contribution in [0.5, 0.6) is 5.75 Å². The Bertz CT molecular complexity index is 1490. The monoisotopic (exact) mass is 568 g/mol. The number of para-hydroxylation sites is 1. The normalized spacial score (nSPS) is 15.4. The van der Waals surface area contributed by atoms with Gasteiger partial charge in [0, 0.05) is 27.2 Å². The van der Waals surface area contributed by atoms with Crippen molar-refractivity contribution in [1.82, 2.24) is 9.96 Å². The molecule has 12 nitrogen and oxygen atoms in total. The van der Waals surface area contributed by atoms with Crippen LogP contribution in [0.25, 0.3) is 0 Å². The van der Waals surface area contributed by atoms with Gasteiger partial charge in [-0.05, 0) is 70.7 Å². The Balaban J connectivity index is 1.53. The molecule has 0 saturated carbocycles. The van der Waals surface area contributed by atoms with E-state index < -0.39 is 34.6 Å². The lowest BCUT2D eigenvalue weighted by molar-refractivity contribution is -0.156. The SMILES string of the molecule is Cc1ccc(C(Nc2c(Nc3cccc(C(=O)N(C)C)c3O)c(=O)c2=O)C2CCN(OC(=O)OC(C)(C)C)CC2)o1. The van der Waals surface area contributed by atoms with E-state index in [1.807, 2.05) is 19.1 Å². The maximum absolute atomic E-state index is 12.7. The number of hydrogen-bond acceptors (Lipinski definition) is 11. The molecule has 1 aromatic heterocycles. The Morgan fingerprint density at radius 1 is 1.07 bits per heavy atom. The summed E-state index contributed by atoms with van der Waals surface area (Å²) >= 11 is 0. The third kappa shape index (κ3) is 6.71. The predicted molar refractivity (Wildman–Crippen MR) is 152 cm³/mol.